The lowest BCUT2D eigenvalue weighted by molar-refractivity contribution is -0.238. The first kappa shape index (κ1) is 29.7. The molecule has 11 atom stereocenters. The van der Waals surface area contributed by atoms with Crippen LogP contribution in [0.3, 0.4) is 0 Å². The second-order valence-electron chi connectivity index (χ2n) is 8.27. The molecule has 198 valence electrons. The van der Waals surface area contributed by atoms with Crippen molar-refractivity contribution in [1.82, 2.24) is 0 Å². The number of aliphatic hydroxyl groups is 1. The van der Waals surface area contributed by atoms with Gasteiger partial charge in [-0.1, -0.05) is 0 Å². The van der Waals surface area contributed by atoms with Crippen molar-refractivity contribution in [3.63, 3.8) is 0 Å². The second-order valence-corrected chi connectivity index (χ2v) is 11.0. The Balaban J connectivity index is 1.51. The van der Waals surface area contributed by atoms with Gasteiger partial charge in [-0.3, -0.25) is 9.13 Å². The maximum atomic E-state index is 12.3. The quantitative estimate of drug-likeness (QED) is 0.201. The molecule has 18 heteroatoms. The summed E-state index contributed by atoms with van der Waals surface area (Å²) in [7, 11) is 4.36. The Morgan fingerprint density at radius 1 is 0.800 bits per heavy atom. The van der Waals surface area contributed by atoms with Crippen LogP contribution < -0.4 is 9.79 Å². The Morgan fingerprint density at radius 2 is 1.26 bits per heavy atom. The number of hydrogen-bond donors (Lipinski definition) is 1. The zero-order valence-corrected chi connectivity index (χ0v) is 21.0. The third kappa shape index (κ3) is 8.83. The van der Waals surface area contributed by atoms with E-state index in [4.69, 9.17) is 57.5 Å². The van der Waals surface area contributed by atoms with Gasteiger partial charge < -0.3 is 56.7 Å². The predicted octanol–water partition coefficient (Wildman–Crippen LogP) is -1.94. The highest BCUT2D eigenvalue weighted by molar-refractivity contribution is 7.46. The standard InChI is InChI=1S/C17H30B2O14P2/c1-25-6-12-10(4-16(19)29-12)32-34(21,22)28-8-14-11(5-17(20)31-14)33-35(23,24)27-7-13-9(26-2)3-15(18)30-13/h9-17,20H,3-8H2,1-2H3,(H,21,22)(H,23,24)/p-2/t9?,10?,11?,12-,13-,14-,15-,16-,17?/m1/s1. The van der Waals surface area contributed by atoms with E-state index in [-0.39, 0.29) is 19.4 Å². The van der Waals surface area contributed by atoms with Gasteiger partial charge in [0.2, 0.25) is 0 Å². The normalized spacial score (nSPS) is 41.1. The van der Waals surface area contributed by atoms with E-state index in [1.165, 1.54) is 14.2 Å². The van der Waals surface area contributed by atoms with E-state index < -0.39 is 83.8 Å². The summed E-state index contributed by atoms with van der Waals surface area (Å²) in [6, 6.07) is -1.36. The number of rotatable bonds is 13. The summed E-state index contributed by atoms with van der Waals surface area (Å²) >= 11 is 0. The Bertz CT molecular complexity index is 779. The molecule has 14 nitrogen and oxygen atoms in total. The topological polar surface area (TPSA) is 184 Å². The van der Waals surface area contributed by atoms with Crippen molar-refractivity contribution in [2.75, 3.05) is 34.0 Å². The summed E-state index contributed by atoms with van der Waals surface area (Å²) in [6.45, 7) is -1.06. The number of phosphoric acid groups is 2. The van der Waals surface area contributed by atoms with Crippen LogP contribution in [-0.4, -0.2) is 110 Å². The minimum atomic E-state index is -4.92. The number of methoxy groups -OCH3 is 2. The molecule has 4 radical (unpaired) electrons. The van der Waals surface area contributed by atoms with Crippen LogP contribution >= 0.6 is 15.6 Å². The molecule has 1 N–H and O–H groups in total. The van der Waals surface area contributed by atoms with Crippen LogP contribution in [0.1, 0.15) is 19.3 Å². The van der Waals surface area contributed by atoms with E-state index in [9.17, 15) is 24.0 Å². The lowest BCUT2D eigenvalue weighted by Gasteiger charge is -2.31. The summed E-state index contributed by atoms with van der Waals surface area (Å²) in [6.07, 6.45) is -6.65. The van der Waals surface area contributed by atoms with Crippen LogP contribution in [0, 0.1) is 0 Å². The summed E-state index contributed by atoms with van der Waals surface area (Å²) in [4.78, 5) is 24.6. The Kier molecular flexibility index (Phi) is 10.8. The summed E-state index contributed by atoms with van der Waals surface area (Å²) in [5.74, 6) is 0. The summed E-state index contributed by atoms with van der Waals surface area (Å²) < 4.78 is 70.4. The van der Waals surface area contributed by atoms with Gasteiger partial charge in [0.15, 0.2) is 6.29 Å². The molecule has 0 aromatic heterocycles. The van der Waals surface area contributed by atoms with Gasteiger partial charge in [-0.25, -0.2) is 0 Å². The third-order valence-electron chi connectivity index (χ3n) is 5.59. The minimum absolute atomic E-state index is 0.0496. The fraction of sp³-hybridized carbons (Fsp3) is 1.00. The molecule has 6 unspecified atom stereocenters. The molecular weight excluding hydrogens is 512 g/mol. The SMILES string of the molecule is [B][C@H]1CC(OC)[C@@H](COP(=O)([O-])OC2CC(O)O[C@@H]2COP(=O)([O-])OC2C[C@H]([B])O[C@@H]2COC)O1. The van der Waals surface area contributed by atoms with Crippen LogP contribution in [0.15, 0.2) is 0 Å². The smallest absolute Gasteiger partial charge is 0.268 e. The highest BCUT2D eigenvalue weighted by Gasteiger charge is 2.41. The van der Waals surface area contributed by atoms with Gasteiger partial charge in [0.1, 0.15) is 34.0 Å². The average Bonchev–Trinajstić information content (AvgIpc) is 3.41. The molecule has 3 fully saturated rings. The van der Waals surface area contributed by atoms with Crippen LogP contribution in [0.4, 0.5) is 0 Å². The number of hydrogen-bond acceptors (Lipinski definition) is 14. The van der Waals surface area contributed by atoms with E-state index in [0.29, 0.717) is 6.42 Å². The van der Waals surface area contributed by atoms with Gasteiger partial charge >= 0.3 is 0 Å². The zero-order chi connectivity index (χ0) is 25.8. The summed E-state index contributed by atoms with van der Waals surface area (Å²) in [5, 5.41) is 9.78. The number of phosphoric ester groups is 2. The highest BCUT2D eigenvalue weighted by atomic mass is 31.2. The van der Waals surface area contributed by atoms with Crippen molar-refractivity contribution in [2.45, 2.75) is 74.2 Å². The third-order valence-corrected chi connectivity index (χ3v) is 7.58. The van der Waals surface area contributed by atoms with Crippen molar-refractivity contribution < 1.29 is 65.8 Å². The van der Waals surface area contributed by atoms with E-state index in [2.05, 4.69) is 0 Å². The summed E-state index contributed by atoms with van der Waals surface area (Å²) in [5.41, 5.74) is 0. The van der Waals surface area contributed by atoms with E-state index in [1.54, 1.807) is 0 Å². The van der Waals surface area contributed by atoms with Crippen molar-refractivity contribution in [3.8, 4) is 0 Å². The molecule has 0 aliphatic carbocycles. The number of ether oxygens (including phenoxy) is 5. The van der Waals surface area contributed by atoms with Gasteiger partial charge in [-0.05, 0) is 12.8 Å². The van der Waals surface area contributed by atoms with Gasteiger partial charge in [-0.2, -0.15) is 0 Å². The van der Waals surface area contributed by atoms with Crippen LogP contribution in [0.25, 0.3) is 0 Å². The molecule has 35 heavy (non-hydrogen) atoms. The van der Waals surface area contributed by atoms with Gasteiger partial charge in [0.25, 0.3) is 15.6 Å². The van der Waals surface area contributed by atoms with Crippen molar-refractivity contribution in [3.05, 3.63) is 0 Å². The molecule has 3 aliphatic heterocycles. The number of aliphatic hydroxyl groups excluding tert-OH is 1. The molecule has 0 bridgehead atoms. The highest BCUT2D eigenvalue weighted by Crippen LogP contribution is 2.46. The van der Waals surface area contributed by atoms with Gasteiger partial charge in [0.05, 0.1) is 38.1 Å². The van der Waals surface area contributed by atoms with Crippen molar-refractivity contribution >= 4 is 31.3 Å². The lowest BCUT2D eigenvalue weighted by atomic mass is 9.96. The molecule has 0 aromatic carbocycles. The molecule has 0 aromatic rings. The molecule has 3 rings (SSSR count). The van der Waals surface area contributed by atoms with Crippen LogP contribution in [0.5, 0.6) is 0 Å². The van der Waals surface area contributed by atoms with Gasteiger partial charge in [-0.15, -0.1) is 0 Å². The molecule has 0 saturated carbocycles. The largest absolute Gasteiger partial charge is 0.756 e. The Hall–Kier alpha value is 0.110. The minimum Gasteiger partial charge on any atom is -0.756 e. The molecule has 3 heterocycles. The monoisotopic (exact) mass is 540 g/mol. The van der Waals surface area contributed by atoms with E-state index in [1.807, 2.05) is 0 Å². The molecule has 0 spiro atoms. The zero-order valence-electron chi connectivity index (χ0n) is 19.2. The van der Waals surface area contributed by atoms with Crippen LogP contribution in [0.2, 0.25) is 0 Å². The maximum absolute atomic E-state index is 12.3. The van der Waals surface area contributed by atoms with E-state index >= 15 is 0 Å². The first-order chi connectivity index (χ1) is 16.4. The van der Waals surface area contributed by atoms with Crippen molar-refractivity contribution in [2.24, 2.45) is 0 Å². The molecule has 3 saturated heterocycles. The average molecular weight is 540 g/mol. The Labute approximate surface area is 205 Å². The molecular formula is C17H28B2O14P2-2. The van der Waals surface area contributed by atoms with Gasteiger partial charge in [0, 0.05) is 32.6 Å². The first-order valence-electron chi connectivity index (χ1n) is 10.9. The van der Waals surface area contributed by atoms with Crippen molar-refractivity contribution in [1.29, 1.82) is 0 Å². The maximum Gasteiger partial charge on any atom is 0.268 e. The Morgan fingerprint density at radius 3 is 1.77 bits per heavy atom. The second kappa shape index (κ2) is 12.8. The fourth-order valence-corrected chi connectivity index (χ4v) is 5.88. The van der Waals surface area contributed by atoms with Crippen LogP contribution in [-0.2, 0) is 50.9 Å². The lowest BCUT2D eigenvalue weighted by Crippen LogP contribution is -2.33. The van der Waals surface area contributed by atoms with E-state index in [0.717, 1.165) is 0 Å². The molecule has 3 aliphatic rings. The first-order valence-corrected chi connectivity index (χ1v) is 13.8. The fourth-order valence-electron chi connectivity index (χ4n) is 3.99. The molecule has 0 amide bonds. The predicted molar refractivity (Wildman–Crippen MR) is 113 cm³/mol.